The topological polar surface area (TPSA) is 64.2 Å². The van der Waals surface area contributed by atoms with Gasteiger partial charge < -0.3 is 4.42 Å². The first-order chi connectivity index (χ1) is 14.6. The first kappa shape index (κ1) is 18.3. The summed E-state index contributed by atoms with van der Waals surface area (Å²) in [7, 11) is 1.73. The number of para-hydroxylation sites is 2. The van der Waals surface area contributed by atoms with E-state index in [1.807, 2.05) is 73.7 Å². The van der Waals surface area contributed by atoms with Gasteiger partial charge in [-0.15, -0.1) is 0 Å². The third-order valence-electron chi connectivity index (χ3n) is 4.81. The van der Waals surface area contributed by atoms with Gasteiger partial charge in [0.2, 0.25) is 0 Å². The van der Waals surface area contributed by atoms with Crippen molar-refractivity contribution in [3.05, 3.63) is 84.3 Å². The Labute approximate surface area is 177 Å². The second-order valence-corrected chi connectivity index (χ2v) is 7.92. The number of nitrogens with zero attached hydrogens (tertiary/aromatic N) is 4. The summed E-state index contributed by atoms with van der Waals surface area (Å²) in [6, 6.07) is 21.2. The van der Waals surface area contributed by atoms with Crippen LogP contribution in [0.25, 0.3) is 27.4 Å². The van der Waals surface area contributed by atoms with Crippen molar-refractivity contribution in [1.29, 1.82) is 0 Å². The number of carbonyl (C=O) groups excluding carboxylic acids is 1. The number of furan rings is 1. The van der Waals surface area contributed by atoms with E-state index in [1.54, 1.807) is 22.8 Å². The molecule has 3 aromatic heterocycles. The molecular weight excluding hydrogens is 396 g/mol. The van der Waals surface area contributed by atoms with Gasteiger partial charge in [0.25, 0.3) is 5.91 Å². The summed E-state index contributed by atoms with van der Waals surface area (Å²) >= 11 is 1.48. The van der Waals surface area contributed by atoms with Crippen molar-refractivity contribution in [2.24, 2.45) is 0 Å². The molecule has 0 aliphatic carbocycles. The lowest BCUT2D eigenvalue weighted by Crippen LogP contribution is -2.26. The number of aromatic nitrogens is 3. The van der Waals surface area contributed by atoms with Crippen molar-refractivity contribution in [1.82, 2.24) is 14.8 Å². The summed E-state index contributed by atoms with van der Waals surface area (Å²) in [6.45, 7) is 1.87. The van der Waals surface area contributed by atoms with Gasteiger partial charge in [0.15, 0.2) is 10.9 Å². The summed E-state index contributed by atoms with van der Waals surface area (Å²) in [4.78, 5) is 19.6. The Bertz CT molecular complexity index is 1320. The number of rotatable bonds is 4. The summed E-state index contributed by atoms with van der Waals surface area (Å²) in [6.07, 6.45) is 1.74. The standard InChI is InChI=1S/C23H18N4O2S/c1-15-12-13-19(29-15)21-17(14-27(25-21)16-8-4-3-5-9-16)22(28)26(2)23-24-18-10-6-7-11-20(18)30-23/h3-14H,1-2H3. The molecule has 0 atom stereocenters. The molecule has 6 nitrogen and oxygen atoms in total. The van der Waals surface area contributed by atoms with Gasteiger partial charge in [-0.05, 0) is 43.3 Å². The van der Waals surface area contributed by atoms with Crippen molar-refractivity contribution in [2.75, 3.05) is 11.9 Å². The number of benzene rings is 2. The molecule has 0 unspecified atom stereocenters. The zero-order chi connectivity index (χ0) is 20.7. The summed E-state index contributed by atoms with van der Waals surface area (Å²) in [5.74, 6) is 1.13. The van der Waals surface area contributed by atoms with Crippen molar-refractivity contribution in [3.63, 3.8) is 0 Å². The van der Waals surface area contributed by atoms with Gasteiger partial charge in [-0.25, -0.2) is 9.67 Å². The fourth-order valence-corrected chi connectivity index (χ4v) is 4.18. The van der Waals surface area contributed by atoms with E-state index in [1.165, 1.54) is 11.3 Å². The summed E-state index contributed by atoms with van der Waals surface area (Å²) in [5, 5.41) is 5.30. The largest absolute Gasteiger partial charge is 0.460 e. The molecule has 0 radical (unpaired) electrons. The third kappa shape index (κ3) is 3.19. The van der Waals surface area contributed by atoms with Crippen LogP contribution in [0.3, 0.4) is 0 Å². The Balaban J connectivity index is 1.59. The predicted molar refractivity (Wildman–Crippen MR) is 118 cm³/mol. The van der Waals surface area contributed by atoms with Gasteiger partial charge in [0.1, 0.15) is 11.5 Å². The molecule has 0 saturated heterocycles. The number of amides is 1. The maximum Gasteiger partial charge on any atom is 0.263 e. The lowest BCUT2D eigenvalue weighted by Gasteiger charge is -2.13. The van der Waals surface area contributed by atoms with Crippen molar-refractivity contribution in [2.45, 2.75) is 6.92 Å². The van der Waals surface area contributed by atoms with Crippen LogP contribution in [-0.4, -0.2) is 27.7 Å². The lowest BCUT2D eigenvalue weighted by atomic mass is 10.2. The summed E-state index contributed by atoms with van der Waals surface area (Å²) in [5.41, 5.74) is 2.70. The quantitative estimate of drug-likeness (QED) is 0.399. The van der Waals surface area contributed by atoms with Gasteiger partial charge in [0, 0.05) is 13.2 Å². The number of aryl methyl sites for hydroxylation is 1. The van der Waals surface area contributed by atoms with Crippen LogP contribution in [0.2, 0.25) is 0 Å². The van der Waals surface area contributed by atoms with E-state index in [0.29, 0.717) is 22.1 Å². The Hall–Kier alpha value is -3.71. The van der Waals surface area contributed by atoms with Gasteiger partial charge in [-0.3, -0.25) is 9.69 Å². The first-order valence-electron chi connectivity index (χ1n) is 9.46. The highest BCUT2D eigenvalue weighted by Gasteiger charge is 2.25. The molecule has 5 aromatic rings. The molecule has 0 aliphatic rings. The molecule has 3 heterocycles. The zero-order valence-corrected chi connectivity index (χ0v) is 17.3. The van der Waals surface area contributed by atoms with E-state index in [9.17, 15) is 4.79 Å². The predicted octanol–water partition coefficient (Wildman–Crippen LogP) is 5.33. The molecule has 7 heteroatoms. The Kier molecular flexibility index (Phi) is 4.44. The molecule has 0 aliphatic heterocycles. The third-order valence-corrected chi connectivity index (χ3v) is 5.93. The van der Waals surface area contributed by atoms with Crippen LogP contribution in [0.1, 0.15) is 16.1 Å². The molecule has 148 valence electrons. The van der Waals surface area contributed by atoms with Crippen molar-refractivity contribution in [3.8, 4) is 17.1 Å². The molecular formula is C23H18N4O2S. The minimum atomic E-state index is -0.194. The van der Waals surface area contributed by atoms with Crippen LogP contribution in [0.5, 0.6) is 0 Å². The zero-order valence-electron chi connectivity index (χ0n) is 16.4. The number of anilines is 1. The Morgan fingerprint density at radius 2 is 1.80 bits per heavy atom. The van der Waals surface area contributed by atoms with Crippen molar-refractivity contribution < 1.29 is 9.21 Å². The fourth-order valence-electron chi connectivity index (χ4n) is 3.26. The second-order valence-electron chi connectivity index (χ2n) is 6.91. The van der Waals surface area contributed by atoms with E-state index >= 15 is 0 Å². The second kappa shape index (κ2) is 7.27. The van der Waals surface area contributed by atoms with E-state index in [4.69, 9.17) is 4.42 Å². The van der Waals surface area contributed by atoms with Gasteiger partial charge in [-0.2, -0.15) is 5.10 Å². The number of hydrogen-bond acceptors (Lipinski definition) is 5. The molecule has 0 spiro atoms. The van der Waals surface area contributed by atoms with Gasteiger partial charge >= 0.3 is 0 Å². The lowest BCUT2D eigenvalue weighted by molar-refractivity contribution is 0.0993. The van der Waals surface area contributed by atoms with E-state index < -0.39 is 0 Å². The minimum Gasteiger partial charge on any atom is -0.460 e. The molecule has 0 fully saturated rings. The minimum absolute atomic E-state index is 0.194. The van der Waals surface area contributed by atoms with E-state index in [2.05, 4.69) is 10.1 Å². The number of thiazole rings is 1. The molecule has 0 saturated carbocycles. The monoisotopic (exact) mass is 414 g/mol. The molecule has 30 heavy (non-hydrogen) atoms. The van der Waals surface area contributed by atoms with Crippen LogP contribution in [0, 0.1) is 6.92 Å². The first-order valence-corrected chi connectivity index (χ1v) is 10.3. The highest BCUT2D eigenvalue weighted by atomic mass is 32.1. The fraction of sp³-hybridized carbons (Fsp3) is 0.0870. The SMILES string of the molecule is Cc1ccc(-c2nn(-c3ccccc3)cc2C(=O)N(C)c2nc3ccccc3s2)o1. The molecule has 0 N–H and O–H groups in total. The Morgan fingerprint density at radius 3 is 2.53 bits per heavy atom. The van der Waals surface area contributed by atoms with Crippen LogP contribution < -0.4 is 4.90 Å². The average molecular weight is 414 g/mol. The van der Waals surface area contributed by atoms with Crippen LogP contribution in [0.4, 0.5) is 5.13 Å². The number of hydrogen-bond donors (Lipinski definition) is 0. The van der Waals surface area contributed by atoms with Gasteiger partial charge in [-0.1, -0.05) is 41.7 Å². The maximum absolute atomic E-state index is 13.5. The van der Waals surface area contributed by atoms with Crippen LogP contribution in [0.15, 0.2) is 77.3 Å². The highest BCUT2D eigenvalue weighted by Crippen LogP contribution is 2.31. The highest BCUT2D eigenvalue weighted by molar-refractivity contribution is 7.22. The number of fused-ring (bicyclic) bond motifs is 1. The molecule has 5 rings (SSSR count). The molecule has 2 aromatic carbocycles. The van der Waals surface area contributed by atoms with Gasteiger partial charge in [0.05, 0.1) is 21.5 Å². The average Bonchev–Trinajstić information content (AvgIpc) is 3.50. The number of carbonyl (C=O) groups is 1. The van der Waals surface area contributed by atoms with E-state index in [-0.39, 0.29) is 5.91 Å². The maximum atomic E-state index is 13.5. The normalized spacial score (nSPS) is 11.1. The summed E-state index contributed by atoms with van der Waals surface area (Å²) < 4.78 is 8.52. The molecule has 1 amide bonds. The smallest absolute Gasteiger partial charge is 0.263 e. The molecule has 0 bridgehead atoms. The van der Waals surface area contributed by atoms with Crippen LogP contribution >= 0.6 is 11.3 Å². The Morgan fingerprint density at radius 1 is 1.03 bits per heavy atom. The van der Waals surface area contributed by atoms with E-state index in [0.717, 1.165) is 21.7 Å². The van der Waals surface area contributed by atoms with Crippen molar-refractivity contribution >= 4 is 32.6 Å². The van der Waals surface area contributed by atoms with Crippen LogP contribution in [-0.2, 0) is 0 Å².